The van der Waals surface area contributed by atoms with Gasteiger partial charge in [-0.15, -0.1) is 0 Å². The van der Waals surface area contributed by atoms with Crippen LogP contribution in [0.25, 0.3) is 22.3 Å². The molecule has 0 unspecified atom stereocenters. The topological polar surface area (TPSA) is 27.7 Å². The highest BCUT2D eigenvalue weighted by Gasteiger charge is 2.25. The van der Waals surface area contributed by atoms with Crippen LogP contribution in [0.2, 0.25) is 0 Å². The lowest BCUT2D eigenvalue weighted by molar-refractivity contribution is -0.207. The van der Waals surface area contributed by atoms with Gasteiger partial charge in [0.2, 0.25) is 5.82 Å². The molecule has 198 valence electrons. The van der Waals surface area contributed by atoms with Gasteiger partial charge in [0.05, 0.1) is 19.8 Å². The van der Waals surface area contributed by atoms with Gasteiger partial charge in [0.1, 0.15) is 5.82 Å². The molecule has 1 heterocycles. The molecule has 1 fully saturated rings. The maximum Gasteiger partial charge on any atom is 0.201 e. The van der Waals surface area contributed by atoms with Gasteiger partial charge in [-0.3, -0.25) is 0 Å². The van der Waals surface area contributed by atoms with Crippen molar-refractivity contribution in [3.63, 3.8) is 0 Å². The molecule has 3 aromatic rings. The largest absolute Gasteiger partial charge is 0.491 e. The zero-order valence-electron chi connectivity index (χ0n) is 21.6. The number of hydrogen-bond acceptors (Lipinski definition) is 3. The first-order chi connectivity index (χ1) is 18.0. The average molecular weight is 513 g/mol. The van der Waals surface area contributed by atoms with Crippen LogP contribution in [0.3, 0.4) is 0 Å². The first kappa shape index (κ1) is 27.2. The molecule has 0 saturated carbocycles. The lowest BCUT2D eigenvalue weighted by Crippen LogP contribution is -2.27. The van der Waals surface area contributed by atoms with Crippen molar-refractivity contribution in [2.75, 3.05) is 19.8 Å². The van der Waals surface area contributed by atoms with Crippen molar-refractivity contribution in [3.8, 4) is 28.0 Å². The van der Waals surface area contributed by atoms with Crippen LogP contribution in [0.1, 0.15) is 64.2 Å². The minimum atomic E-state index is -1.01. The van der Waals surface area contributed by atoms with Crippen LogP contribution in [0.15, 0.2) is 54.6 Å². The van der Waals surface area contributed by atoms with E-state index in [4.69, 9.17) is 14.2 Å². The molecule has 0 N–H and O–H groups in total. The van der Waals surface area contributed by atoms with Gasteiger partial charge in [-0.1, -0.05) is 75.4 Å². The van der Waals surface area contributed by atoms with Crippen molar-refractivity contribution in [2.24, 2.45) is 5.92 Å². The fourth-order valence-electron chi connectivity index (χ4n) is 4.69. The molecule has 0 aliphatic carbocycles. The number of halogens is 3. The number of unbranched alkanes of at least 4 members (excludes halogenated alkanes) is 4. The van der Waals surface area contributed by atoms with E-state index in [9.17, 15) is 8.78 Å². The molecular weight excluding hydrogens is 477 g/mol. The summed E-state index contributed by atoms with van der Waals surface area (Å²) in [6, 6.07) is 14.8. The van der Waals surface area contributed by atoms with Gasteiger partial charge in [-0.05, 0) is 48.2 Å². The van der Waals surface area contributed by atoms with E-state index in [1.807, 2.05) is 6.07 Å². The van der Waals surface area contributed by atoms with Gasteiger partial charge in [-0.2, -0.15) is 4.39 Å². The summed E-state index contributed by atoms with van der Waals surface area (Å²) < 4.78 is 60.7. The molecule has 0 radical (unpaired) electrons. The van der Waals surface area contributed by atoms with Gasteiger partial charge in [0.25, 0.3) is 0 Å². The van der Waals surface area contributed by atoms with Crippen LogP contribution in [0, 0.1) is 23.4 Å². The van der Waals surface area contributed by atoms with Crippen molar-refractivity contribution in [2.45, 2.75) is 58.7 Å². The van der Waals surface area contributed by atoms with Crippen molar-refractivity contribution in [3.05, 3.63) is 77.6 Å². The van der Waals surface area contributed by atoms with Gasteiger partial charge in [0.15, 0.2) is 17.9 Å². The molecule has 3 nitrogen and oxygen atoms in total. The molecule has 1 saturated heterocycles. The van der Waals surface area contributed by atoms with Gasteiger partial charge in [0, 0.05) is 17.0 Å². The maximum absolute atomic E-state index is 15.0. The molecule has 0 bridgehead atoms. The Morgan fingerprint density at radius 1 is 0.757 bits per heavy atom. The zero-order valence-corrected chi connectivity index (χ0v) is 21.6. The Bertz CT molecular complexity index is 1160. The van der Waals surface area contributed by atoms with Crippen LogP contribution < -0.4 is 4.74 Å². The number of benzene rings is 3. The zero-order chi connectivity index (χ0) is 26.2. The van der Waals surface area contributed by atoms with E-state index in [0.29, 0.717) is 35.8 Å². The highest BCUT2D eigenvalue weighted by atomic mass is 19.2. The molecule has 0 aromatic heterocycles. The fourth-order valence-corrected chi connectivity index (χ4v) is 4.69. The van der Waals surface area contributed by atoms with E-state index in [2.05, 4.69) is 6.92 Å². The molecule has 37 heavy (non-hydrogen) atoms. The second kappa shape index (κ2) is 13.1. The molecule has 0 atom stereocenters. The monoisotopic (exact) mass is 512 g/mol. The SMILES string of the molecule is CCCCCCCC1COC(c2ccc(-c3ccc(-c4ccc(OCC)c(F)c4F)cc3)cc2F)OC1. The van der Waals surface area contributed by atoms with Crippen LogP contribution in [-0.4, -0.2) is 19.8 Å². The van der Waals surface area contributed by atoms with Gasteiger partial charge >= 0.3 is 0 Å². The second-order valence-electron chi connectivity index (χ2n) is 9.55. The molecule has 0 amide bonds. The van der Waals surface area contributed by atoms with Crippen LogP contribution >= 0.6 is 0 Å². The van der Waals surface area contributed by atoms with Crippen LogP contribution in [-0.2, 0) is 9.47 Å². The lowest BCUT2D eigenvalue weighted by Gasteiger charge is -2.30. The average Bonchev–Trinajstić information content (AvgIpc) is 2.92. The summed E-state index contributed by atoms with van der Waals surface area (Å²) in [5.74, 6) is -2.12. The summed E-state index contributed by atoms with van der Waals surface area (Å²) in [6.45, 7) is 5.31. The highest BCUT2D eigenvalue weighted by molar-refractivity contribution is 5.71. The molecule has 1 aliphatic rings. The smallest absolute Gasteiger partial charge is 0.201 e. The minimum absolute atomic E-state index is 0.111. The first-order valence-electron chi connectivity index (χ1n) is 13.3. The summed E-state index contributed by atoms with van der Waals surface area (Å²) >= 11 is 0. The van der Waals surface area contributed by atoms with Crippen molar-refractivity contribution >= 4 is 0 Å². The van der Waals surface area contributed by atoms with Crippen molar-refractivity contribution in [1.29, 1.82) is 0 Å². The lowest BCUT2D eigenvalue weighted by atomic mass is 9.98. The maximum atomic E-state index is 15.0. The molecule has 0 spiro atoms. The number of hydrogen-bond donors (Lipinski definition) is 0. The normalized spacial score (nSPS) is 17.6. The fraction of sp³-hybridized carbons (Fsp3) is 0.419. The molecular formula is C31H35F3O3. The van der Waals surface area contributed by atoms with Gasteiger partial charge < -0.3 is 14.2 Å². The summed E-state index contributed by atoms with van der Waals surface area (Å²) in [4.78, 5) is 0. The quantitative estimate of drug-likeness (QED) is 0.240. The third-order valence-electron chi connectivity index (χ3n) is 6.81. The third-order valence-corrected chi connectivity index (χ3v) is 6.81. The number of ether oxygens (including phenoxy) is 3. The summed E-state index contributed by atoms with van der Waals surface area (Å²) in [7, 11) is 0. The molecule has 4 rings (SSSR count). The Morgan fingerprint density at radius 3 is 2.11 bits per heavy atom. The Kier molecular flexibility index (Phi) is 9.64. The predicted octanol–water partition coefficient (Wildman–Crippen LogP) is 8.86. The summed E-state index contributed by atoms with van der Waals surface area (Å²) in [6.07, 6.45) is 6.55. The Balaban J connectivity index is 1.38. The Morgan fingerprint density at radius 2 is 1.43 bits per heavy atom. The highest BCUT2D eigenvalue weighted by Crippen LogP contribution is 2.34. The minimum Gasteiger partial charge on any atom is -0.491 e. The van der Waals surface area contributed by atoms with E-state index < -0.39 is 23.7 Å². The van der Waals surface area contributed by atoms with E-state index in [1.54, 1.807) is 37.3 Å². The standard InChI is InChI=1S/C31H35F3O3/c1-3-5-6-7-8-9-21-19-36-31(37-20-21)26-15-14-24(18-27(26)32)22-10-12-23(13-11-22)25-16-17-28(35-4-2)30(34)29(25)33/h10-18,21,31H,3-9,19-20H2,1-2H3. The molecule has 3 aromatic carbocycles. The summed E-state index contributed by atoms with van der Waals surface area (Å²) in [5, 5.41) is 0. The Hall–Kier alpha value is -2.83. The van der Waals surface area contributed by atoms with E-state index in [-0.39, 0.29) is 17.9 Å². The van der Waals surface area contributed by atoms with Crippen LogP contribution in [0.5, 0.6) is 5.75 Å². The Labute approximate surface area is 217 Å². The third kappa shape index (κ3) is 6.74. The molecule has 6 heteroatoms. The van der Waals surface area contributed by atoms with E-state index >= 15 is 4.39 Å². The van der Waals surface area contributed by atoms with E-state index in [1.165, 1.54) is 50.3 Å². The predicted molar refractivity (Wildman–Crippen MR) is 140 cm³/mol. The number of rotatable bonds is 11. The molecule has 1 aliphatic heterocycles. The van der Waals surface area contributed by atoms with Crippen molar-refractivity contribution < 1.29 is 27.4 Å². The van der Waals surface area contributed by atoms with Crippen LogP contribution in [0.4, 0.5) is 13.2 Å². The van der Waals surface area contributed by atoms with Gasteiger partial charge in [-0.25, -0.2) is 8.78 Å². The van der Waals surface area contributed by atoms with E-state index in [0.717, 1.165) is 12.0 Å². The summed E-state index contributed by atoms with van der Waals surface area (Å²) in [5.41, 5.74) is 2.47. The van der Waals surface area contributed by atoms with Crippen molar-refractivity contribution in [1.82, 2.24) is 0 Å². The first-order valence-corrected chi connectivity index (χ1v) is 13.3. The second-order valence-corrected chi connectivity index (χ2v) is 9.55.